The standard InChI is InChI=1S/C21H15F6N5/c22-20(23,24)16-5-3-12(8-29-16)9-30-17-6-4-13(10-31-17)18(21(25,26)27)15-11-32-19-14(15)2-1-7-28-19/h1-8,10-11,18H,9H2,(H,28,32)(H,30,31). The molecular weight excluding hydrogens is 436 g/mol. The highest BCUT2D eigenvalue weighted by Crippen LogP contribution is 2.42. The second-order valence-electron chi connectivity index (χ2n) is 7.00. The normalized spacial score (nSPS) is 13.3. The number of aromatic amines is 1. The van der Waals surface area contributed by atoms with Crippen molar-refractivity contribution in [2.45, 2.75) is 24.8 Å². The van der Waals surface area contributed by atoms with Gasteiger partial charge in [0.05, 0.1) is 0 Å². The lowest BCUT2D eigenvalue weighted by molar-refractivity contribution is -0.141. The number of hydrogen-bond acceptors (Lipinski definition) is 4. The molecule has 0 aliphatic carbocycles. The molecule has 1 unspecified atom stereocenters. The molecule has 0 spiro atoms. The topological polar surface area (TPSA) is 66.5 Å². The van der Waals surface area contributed by atoms with Crippen LogP contribution in [0.5, 0.6) is 0 Å². The van der Waals surface area contributed by atoms with Crippen molar-refractivity contribution in [3.05, 3.63) is 83.6 Å². The fourth-order valence-corrected chi connectivity index (χ4v) is 3.33. The van der Waals surface area contributed by atoms with E-state index in [9.17, 15) is 26.3 Å². The van der Waals surface area contributed by atoms with Crippen molar-refractivity contribution in [3.63, 3.8) is 0 Å². The van der Waals surface area contributed by atoms with Gasteiger partial charge in [0.25, 0.3) is 0 Å². The highest BCUT2D eigenvalue weighted by Gasteiger charge is 2.43. The SMILES string of the molecule is FC(F)(F)c1ccc(CNc2ccc(C(c3c[nH]c4ncccc34)C(F)(F)F)cn2)cn1. The molecule has 4 rings (SSSR count). The summed E-state index contributed by atoms with van der Waals surface area (Å²) in [5, 5.41) is 3.23. The van der Waals surface area contributed by atoms with Gasteiger partial charge in [0.15, 0.2) is 0 Å². The zero-order valence-corrected chi connectivity index (χ0v) is 16.2. The minimum atomic E-state index is -4.56. The average Bonchev–Trinajstić information content (AvgIpc) is 3.16. The van der Waals surface area contributed by atoms with Crippen molar-refractivity contribution in [2.24, 2.45) is 0 Å². The molecule has 4 aromatic heterocycles. The molecule has 0 aliphatic heterocycles. The highest BCUT2D eigenvalue weighted by molar-refractivity contribution is 5.80. The lowest BCUT2D eigenvalue weighted by Crippen LogP contribution is -2.22. The van der Waals surface area contributed by atoms with Gasteiger partial charge in [-0.05, 0) is 41.0 Å². The maximum atomic E-state index is 13.9. The van der Waals surface area contributed by atoms with Crippen LogP contribution in [0.1, 0.15) is 28.3 Å². The molecule has 1 atom stereocenters. The van der Waals surface area contributed by atoms with E-state index >= 15 is 0 Å². The molecular formula is C21H15F6N5. The fraction of sp³-hybridized carbons (Fsp3) is 0.190. The molecule has 0 saturated carbocycles. The zero-order chi connectivity index (χ0) is 22.9. The third-order valence-electron chi connectivity index (χ3n) is 4.83. The van der Waals surface area contributed by atoms with E-state index in [-0.39, 0.29) is 23.5 Å². The minimum Gasteiger partial charge on any atom is -0.366 e. The van der Waals surface area contributed by atoms with Crippen LogP contribution in [-0.4, -0.2) is 26.1 Å². The molecule has 0 radical (unpaired) electrons. The number of hydrogen-bond donors (Lipinski definition) is 2. The quantitative estimate of drug-likeness (QED) is 0.384. The first-order valence-electron chi connectivity index (χ1n) is 9.33. The Kier molecular flexibility index (Phi) is 5.49. The smallest absolute Gasteiger partial charge is 0.366 e. The van der Waals surface area contributed by atoms with E-state index in [0.717, 1.165) is 18.5 Å². The summed E-state index contributed by atoms with van der Waals surface area (Å²) in [6.45, 7) is 0.105. The van der Waals surface area contributed by atoms with Crippen molar-refractivity contribution in [1.82, 2.24) is 19.9 Å². The number of rotatable bonds is 5. The summed E-state index contributed by atoms with van der Waals surface area (Å²) in [4.78, 5) is 14.2. The van der Waals surface area contributed by atoms with Crippen LogP contribution >= 0.6 is 0 Å². The number of alkyl halides is 6. The summed E-state index contributed by atoms with van der Waals surface area (Å²) in [6, 6.07) is 7.95. The molecule has 0 fully saturated rings. The number of H-pyrrole nitrogens is 1. The molecule has 2 N–H and O–H groups in total. The number of nitrogens with zero attached hydrogens (tertiary/aromatic N) is 3. The van der Waals surface area contributed by atoms with Gasteiger partial charge in [-0.2, -0.15) is 26.3 Å². The van der Waals surface area contributed by atoms with E-state index in [1.807, 2.05) is 0 Å². The number of halogens is 6. The molecule has 0 amide bonds. The van der Waals surface area contributed by atoms with Gasteiger partial charge >= 0.3 is 12.4 Å². The number of anilines is 1. The summed E-state index contributed by atoms with van der Waals surface area (Å²) in [7, 11) is 0. The van der Waals surface area contributed by atoms with E-state index in [4.69, 9.17) is 0 Å². The Morgan fingerprint density at radius 2 is 1.72 bits per heavy atom. The number of nitrogens with one attached hydrogen (secondary N) is 2. The predicted octanol–water partition coefficient (Wildman–Crippen LogP) is 5.68. The lowest BCUT2D eigenvalue weighted by atomic mass is 9.92. The van der Waals surface area contributed by atoms with Crippen LogP contribution in [0.15, 0.2) is 61.2 Å². The maximum absolute atomic E-state index is 13.9. The van der Waals surface area contributed by atoms with Gasteiger partial charge in [-0.1, -0.05) is 12.1 Å². The van der Waals surface area contributed by atoms with Crippen LogP contribution < -0.4 is 5.32 Å². The Hall–Kier alpha value is -3.63. The van der Waals surface area contributed by atoms with Crippen molar-refractivity contribution in [1.29, 1.82) is 0 Å². The largest absolute Gasteiger partial charge is 0.433 e. The van der Waals surface area contributed by atoms with Crippen LogP contribution in [0.25, 0.3) is 11.0 Å². The zero-order valence-electron chi connectivity index (χ0n) is 16.2. The summed E-state index contributed by atoms with van der Waals surface area (Å²) in [5.41, 5.74) is -0.200. The maximum Gasteiger partial charge on any atom is 0.433 e. The van der Waals surface area contributed by atoms with Gasteiger partial charge in [-0.3, -0.25) is 4.98 Å². The first kappa shape index (κ1) is 21.6. The van der Waals surface area contributed by atoms with Crippen LogP contribution in [0.4, 0.5) is 32.2 Å². The first-order valence-corrected chi connectivity index (χ1v) is 9.33. The second kappa shape index (κ2) is 8.13. The molecule has 0 aromatic carbocycles. The van der Waals surface area contributed by atoms with E-state index < -0.39 is 24.0 Å². The predicted molar refractivity (Wildman–Crippen MR) is 105 cm³/mol. The van der Waals surface area contributed by atoms with Crippen molar-refractivity contribution >= 4 is 16.9 Å². The molecule has 4 aromatic rings. The number of pyridine rings is 3. The van der Waals surface area contributed by atoms with Crippen molar-refractivity contribution < 1.29 is 26.3 Å². The first-order chi connectivity index (χ1) is 15.1. The summed E-state index contributed by atoms with van der Waals surface area (Å²) in [6.07, 6.45) is -4.11. The van der Waals surface area contributed by atoms with Gasteiger partial charge in [-0.25, -0.2) is 9.97 Å². The van der Waals surface area contributed by atoms with Crippen molar-refractivity contribution in [2.75, 3.05) is 5.32 Å². The van der Waals surface area contributed by atoms with E-state index in [1.165, 1.54) is 30.6 Å². The van der Waals surface area contributed by atoms with Gasteiger partial charge in [0, 0.05) is 36.7 Å². The Bertz CT molecular complexity index is 1200. The van der Waals surface area contributed by atoms with E-state index in [0.29, 0.717) is 16.6 Å². The molecule has 0 aliphatic rings. The fourth-order valence-electron chi connectivity index (χ4n) is 3.33. The van der Waals surface area contributed by atoms with Crippen molar-refractivity contribution in [3.8, 4) is 0 Å². The Labute approximate surface area is 177 Å². The van der Waals surface area contributed by atoms with E-state index in [2.05, 4.69) is 25.3 Å². The van der Waals surface area contributed by atoms with Crippen LogP contribution in [0, 0.1) is 0 Å². The van der Waals surface area contributed by atoms with Gasteiger partial charge in [-0.15, -0.1) is 0 Å². The molecule has 0 saturated heterocycles. The van der Waals surface area contributed by atoms with Crippen LogP contribution in [0.3, 0.4) is 0 Å². The highest BCUT2D eigenvalue weighted by atomic mass is 19.4. The monoisotopic (exact) mass is 451 g/mol. The molecule has 5 nitrogen and oxygen atoms in total. The van der Waals surface area contributed by atoms with Gasteiger partial charge in [0.1, 0.15) is 23.1 Å². The van der Waals surface area contributed by atoms with E-state index in [1.54, 1.807) is 12.1 Å². The Morgan fingerprint density at radius 1 is 0.906 bits per heavy atom. The van der Waals surface area contributed by atoms with Gasteiger partial charge in [0.2, 0.25) is 0 Å². The number of fused-ring (bicyclic) bond motifs is 1. The average molecular weight is 451 g/mol. The Morgan fingerprint density at radius 3 is 2.34 bits per heavy atom. The molecule has 166 valence electrons. The molecule has 32 heavy (non-hydrogen) atoms. The van der Waals surface area contributed by atoms with Gasteiger partial charge < -0.3 is 10.3 Å². The molecule has 4 heterocycles. The lowest BCUT2D eigenvalue weighted by Gasteiger charge is -2.20. The third-order valence-corrected chi connectivity index (χ3v) is 4.83. The number of aromatic nitrogens is 4. The summed E-state index contributed by atoms with van der Waals surface area (Å²) in [5.74, 6) is -1.63. The Balaban J connectivity index is 1.52. The third kappa shape index (κ3) is 4.51. The second-order valence-corrected chi connectivity index (χ2v) is 7.00. The van der Waals surface area contributed by atoms with Crippen LogP contribution in [0.2, 0.25) is 0 Å². The molecule has 0 bridgehead atoms. The summed E-state index contributed by atoms with van der Waals surface area (Å²) < 4.78 is 79.5. The summed E-state index contributed by atoms with van der Waals surface area (Å²) >= 11 is 0. The molecule has 11 heteroatoms. The van der Waals surface area contributed by atoms with Crippen LogP contribution in [-0.2, 0) is 12.7 Å². The minimum absolute atomic E-state index is 0.0407.